The minimum atomic E-state index is 0.775. The zero-order chi connectivity index (χ0) is 12.7. The summed E-state index contributed by atoms with van der Waals surface area (Å²) >= 11 is 6.23. The molecule has 0 bridgehead atoms. The van der Waals surface area contributed by atoms with Crippen molar-refractivity contribution in [2.45, 2.75) is 13.8 Å². The molecule has 0 aliphatic heterocycles. The van der Waals surface area contributed by atoms with Crippen molar-refractivity contribution in [1.29, 1.82) is 0 Å². The van der Waals surface area contributed by atoms with Crippen LogP contribution in [0.1, 0.15) is 11.1 Å². The van der Waals surface area contributed by atoms with Crippen molar-refractivity contribution in [3.8, 4) is 11.3 Å². The van der Waals surface area contributed by atoms with Crippen LogP contribution >= 0.6 is 11.6 Å². The second-order valence-corrected chi connectivity index (χ2v) is 5.09. The van der Waals surface area contributed by atoms with E-state index < -0.39 is 0 Å². The third kappa shape index (κ3) is 1.81. The molecule has 3 rings (SSSR count). The molecule has 1 aromatic heterocycles. The van der Waals surface area contributed by atoms with Crippen LogP contribution in [0.2, 0.25) is 5.02 Å². The van der Waals surface area contributed by atoms with Gasteiger partial charge in [0.2, 0.25) is 0 Å². The lowest BCUT2D eigenvalue weighted by molar-refractivity contribution is 1.35. The van der Waals surface area contributed by atoms with E-state index in [4.69, 9.17) is 11.6 Å². The number of halogens is 1. The second kappa shape index (κ2) is 4.18. The smallest absolute Gasteiger partial charge is 0.0499 e. The number of rotatable bonds is 1. The molecule has 0 aliphatic carbocycles. The number of H-pyrrole nitrogens is 1. The Bertz CT molecular complexity index is 686. The molecule has 0 fully saturated rings. The van der Waals surface area contributed by atoms with Crippen molar-refractivity contribution < 1.29 is 0 Å². The number of fused-ring (bicyclic) bond motifs is 1. The highest BCUT2D eigenvalue weighted by Crippen LogP contribution is 2.30. The lowest BCUT2D eigenvalue weighted by Crippen LogP contribution is -1.80. The summed E-state index contributed by atoms with van der Waals surface area (Å²) in [7, 11) is 0. The number of aromatic nitrogens is 1. The Labute approximate surface area is 111 Å². The maximum atomic E-state index is 6.23. The van der Waals surface area contributed by atoms with Crippen LogP contribution in [0.25, 0.3) is 22.2 Å². The van der Waals surface area contributed by atoms with Crippen LogP contribution in [0.5, 0.6) is 0 Å². The molecule has 0 radical (unpaired) electrons. The van der Waals surface area contributed by atoms with Crippen molar-refractivity contribution in [2.24, 2.45) is 0 Å². The van der Waals surface area contributed by atoms with E-state index in [1.165, 1.54) is 16.5 Å². The predicted molar refractivity (Wildman–Crippen MR) is 78.2 cm³/mol. The molecule has 0 saturated heterocycles. The fraction of sp³-hybridized carbons (Fsp3) is 0.125. The van der Waals surface area contributed by atoms with E-state index in [1.807, 2.05) is 24.3 Å². The van der Waals surface area contributed by atoms with Gasteiger partial charge in [0.15, 0.2) is 0 Å². The van der Waals surface area contributed by atoms with Gasteiger partial charge in [-0.05, 0) is 49.2 Å². The van der Waals surface area contributed by atoms with Gasteiger partial charge in [-0.15, -0.1) is 0 Å². The molecule has 2 aromatic carbocycles. The summed E-state index contributed by atoms with van der Waals surface area (Å²) < 4.78 is 0. The van der Waals surface area contributed by atoms with Gasteiger partial charge >= 0.3 is 0 Å². The first-order chi connectivity index (χ1) is 8.65. The summed E-state index contributed by atoms with van der Waals surface area (Å²) in [6.07, 6.45) is 0. The average Bonchev–Trinajstić information content (AvgIpc) is 2.73. The van der Waals surface area contributed by atoms with Gasteiger partial charge in [-0.1, -0.05) is 29.8 Å². The maximum absolute atomic E-state index is 6.23. The SMILES string of the molecule is Cc1cc2cc(-c3ccccc3Cl)[nH]c2cc1C. The summed E-state index contributed by atoms with van der Waals surface area (Å²) in [4.78, 5) is 3.44. The van der Waals surface area contributed by atoms with E-state index in [-0.39, 0.29) is 0 Å². The fourth-order valence-corrected chi connectivity index (χ4v) is 2.47. The first-order valence-electron chi connectivity index (χ1n) is 6.00. The second-order valence-electron chi connectivity index (χ2n) is 4.69. The lowest BCUT2D eigenvalue weighted by atomic mass is 10.1. The van der Waals surface area contributed by atoms with Crippen LogP contribution in [0.4, 0.5) is 0 Å². The lowest BCUT2D eigenvalue weighted by Gasteiger charge is -2.00. The first kappa shape index (κ1) is 11.4. The molecule has 3 aromatic rings. The van der Waals surface area contributed by atoms with Gasteiger partial charge in [0.05, 0.1) is 0 Å². The van der Waals surface area contributed by atoms with Gasteiger partial charge in [-0.2, -0.15) is 0 Å². The van der Waals surface area contributed by atoms with Gasteiger partial charge in [0.25, 0.3) is 0 Å². The fourth-order valence-electron chi connectivity index (χ4n) is 2.23. The molecule has 18 heavy (non-hydrogen) atoms. The number of aromatic amines is 1. The number of hydrogen-bond donors (Lipinski definition) is 1. The third-order valence-electron chi connectivity index (χ3n) is 3.40. The molecule has 1 nitrogen and oxygen atoms in total. The van der Waals surface area contributed by atoms with Crippen LogP contribution in [0, 0.1) is 13.8 Å². The Morgan fingerprint density at radius 3 is 2.44 bits per heavy atom. The topological polar surface area (TPSA) is 15.8 Å². The number of aryl methyl sites for hydroxylation is 2. The summed E-state index contributed by atoms with van der Waals surface area (Å²) in [5.74, 6) is 0. The van der Waals surface area contributed by atoms with Gasteiger partial charge < -0.3 is 4.98 Å². The van der Waals surface area contributed by atoms with Gasteiger partial charge in [-0.25, -0.2) is 0 Å². The minimum Gasteiger partial charge on any atom is -0.354 e. The Morgan fingerprint density at radius 2 is 1.67 bits per heavy atom. The van der Waals surface area contributed by atoms with Gasteiger partial charge in [0, 0.05) is 27.2 Å². The molecular weight excluding hydrogens is 242 g/mol. The summed E-state index contributed by atoms with van der Waals surface area (Å²) in [6.45, 7) is 4.27. The molecule has 1 heterocycles. The normalized spacial score (nSPS) is 11.1. The van der Waals surface area contributed by atoms with E-state index in [2.05, 4.69) is 37.0 Å². The van der Waals surface area contributed by atoms with Gasteiger partial charge in [-0.3, -0.25) is 0 Å². The highest BCUT2D eigenvalue weighted by Gasteiger charge is 2.07. The van der Waals surface area contributed by atoms with Crippen molar-refractivity contribution in [1.82, 2.24) is 4.98 Å². The largest absolute Gasteiger partial charge is 0.354 e. The highest BCUT2D eigenvalue weighted by molar-refractivity contribution is 6.33. The van der Waals surface area contributed by atoms with E-state index in [9.17, 15) is 0 Å². The molecule has 0 saturated carbocycles. The Kier molecular flexibility index (Phi) is 2.64. The molecule has 0 atom stereocenters. The average molecular weight is 256 g/mol. The zero-order valence-electron chi connectivity index (χ0n) is 10.4. The van der Waals surface area contributed by atoms with Crippen molar-refractivity contribution in [3.05, 3.63) is 58.6 Å². The summed E-state index contributed by atoms with van der Waals surface area (Å²) in [5.41, 5.74) is 5.89. The third-order valence-corrected chi connectivity index (χ3v) is 3.73. The van der Waals surface area contributed by atoms with Crippen LogP contribution in [0.3, 0.4) is 0 Å². The zero-order valence-corrected chi connectivity index (χ0v) is 11.2. The van der Waals surface area contributed by atoms with E-state index in [0.29, 0.717) is 0 Å². The van der Waals surface area contributed by atoms with Crippen LogP contribution < -0.4 is 0 Å². The predicted octanol–water partition coefficient (Wildman–Crippen LogP) is 5.11. The number of benzene rings is 2. The Balaban J connectivity index is 2.23. The van der Waals surface area contributed by atoms with Crippen molar-refractivity contribution in [2.75, 3.05) is 0 Å². The molecule has 2 heteroatoms. The van der Waals surface area contributed by atoms with Gasteiger partial charge in [0.1, 0.15) is 0 Å². The molecule has 1 N–H and O–H groups in total. The van der Waals surface area contributed by atoms with Crippen LogP contribution in [0.15, 0.2) is 42.5 Å². The summed E-state index contributed by atoms with van der Waals surface area (Å²) in [5, 5.41) is 2.01. The Morgan fingerprint density at radius 1 is 0.944 bits per heavy atom. The minimum absolute atomic E-state index is 0.775. The standard InChI is InChI=1S/C16H14ClN/c1-10-7-12-9-16(18-15(12)8-11(10)2)13-5-3-4-6-14(13)17/h3-9,18H,1-2H3. The van der Waals surface area contributed by atoms with Crippen LogP contribution in [-0.4, -0.2) is 4.98 Å². The first-order valence-corrected chi connectivity index (χ1v) is 6.38. The van der Waals surface area contributed by atoms with Crippen LogP contribution in [-0.2, 0) is 0 Å². The van der Waals surface area contributed by atoms with Crippen molar-refractivity contribution >= 4 is 22.5 Å². The van der Waals surface area contributed by atoms with E-state index in [1.54, 1.807) is 0 Å². The van der Waals surface area contributed by atoms with Crippen molar-refractivity contribution in [3.63, 3.8) is 0 Å². The van der Waals surface area contributed by atoms with E-state index in [0.717, 1.165) is 21.8 Å². The molecule has 0 aliphatic rings. The molecule has 0 unspecified atom stereocenters. The molecule has 90 valence electrons. The highest BCUT2D eigenvalue weighted by atomic mass is 35.5. The monoisotopic (exact) mass is 255 g/mol. The number of nitrogens with one attached hydrogen (secondary N) is 1. The summed E-state index contributed by atoms with van der Waals surface area (Å²) in [6, 6.07) is 14.5. The maximum Gasteiger partial charge on any atom is 0.0499 e. The number of hydrogen-bond acceptors (Lipinski definition) is 0. The molecule has 0 amide bonds. The van der Waals surface area contributed by atoms with E-state index >= 15 is 0 Å². The Hall–Kier alpha value is -1.73. The molecular formula is C16H14ClN. The quantitative estimate of drug-likeness (QED) is 0.622. The molecule has 0 spiro atoms.